The van der Waals surface area contributed by atoms with Crippen molar-refractivity contribution >= 4 is 11.9 Å². The van der Waals surface area contributed by atoms with E-state index in [1.54, 1.807) is 0 Å². The zero-order chi connectivity index (χ0) is 9.61. The van der Waals surface area contributed by atoms with Gasteiger partial charge in [-0.05, 0) is 12.2 Å². The maximum atomic E-state index is 11.8. The highest BCUT2D eigenvalue weighted by atomic mass is 32.2. The van der Waals surface area contributed by atoms with Gasteiger partial charge in [0.15, 0.2) is 13.1 Å². The Morgan fingerprint density at radius 3 is 1.83 bits per heavy atom. The molecule has 0 saturated heterocycles. The van der Waals surface area contributed by atoms with Gasteiger partial charge >= 0.3 is 5.51 Å². The van der Waals surface area contributed by atoms with Gasteiger partial charge in [0.25, 0.3) is 0 Å². The van der Waals surface area contributed by atoms with E-state index in [9.17, 15) is 13.2 Å². The minimum Gasteiger partial charge on any atom is -0.156 e. The minimum atomic E-state index is -4.23. The molecule has 1 nitrogen and oxygen atoms in total. The van der Waals surface area contributed by atoms with Crippen LogP contribution in [0.2, 0.25) is 0 Å². The largest absolute Gasteiger partial charge is 0.501 e. The maximum Gasteiger partial charge on any atom is 0.501 e. The van der Waals surface area contributed by atoms with Crippen LogP contribution in [-0.2, 0) is 0 Å². The first-order valence-electron chi connectivity index (χ1n) is 3.22. The zero-order valence-corrected chi connectivity index (χ0v) is 7.29. The molecule has 0 aromatic carbocycles. The van der Waals surface area contributed by atoms with Gasteiger partial charge in [0, 0.05) is 0 Å². The number of hydrogen-bond donors (Lipinski definition) is 0. The molecule has 69 valence electrons. The third-order valence-corrected chi connectivity index (χ3v) is 1.66. The second-order valence-corrected chi connectivity index (χ2v) is 3.12. The van der Waals surface area contributed by atoms with Gasteiger partial charge in [0.1, 0.15) is 0 Å². The van der Waals surface area contributed by atoms with Crippen LogP contribution in [0, 0.1) is 0 Å². The summed E-state index contributed by atoms with van der Waals surface area (Å²) in [6, 6.07) is 0. The second-order valence-electron chi connectivity index (χ2n) is 1.96. The predicted molar refractivity (Wildman–Crippen MR) is 45.9 cm³/mol. The monoisotopic (exact) mass is 197 g/mol. The first-order valence-corrected chi connectivity index (χ1v) is 3.99. The van der Waals surface area contributed by atoms with Gasteiger partial charge < -0.3 is 0 Å². The summed E-state index contributed by atoms with van der Waals surface area (Å²) in [7, 11) is 0. The highest BCUT2D eigenvalue weighted by Crippen LogP contribution is 2.31. The molecule has 0 atom stereocenters. The van der Waals surface area contributed by atoms with Gasteiger partial charge in [-0.15, -0.1) is 0 Å². The topological polar surface area (TPSA) is 5.90 Å². The molecule has 1 radical (unpaired) electrons. The van der Waals surface area contributed by atoms with Gasteiger partial charge in [0.2, 0.25) is 11.9 Å². The number of nitrogens with zero attached hydrogens (tertiary/aromatic N) is 1. The van der Waals surface area contributed by atoms with Crippen LogP contribution in [0.4, 0.5) is 13.2 Å². The van der Waals surface area contributed by atoms with Crippen LogP contribution in [-0.4, -0.2) is 18.6 Å². The Labute approximate surface area is 74.1 Å². The summed E-state index contributed by atoms with van der Waals surface area (Å²) in [5.74, 6) is 0. The van der Waals surface area contributed by atoms with E-state index < -0.39 is 5.51 Å². The van der Waals surface area contributed by atoms with E-state index in [2.05, 4.69) is 13.2 Å². The molecule has 0 rings (SSSR count). The van der Waals surface area contributed by atoms with E-state index in [1.165, 1.54) is 12.2 Å². The van der Waals surface area contributed by atoms with Crippen LogP contribution in [0.1, 0.15) is 0 Å². The van der Waals surface area contributed by atoms with Crippen molar-refractivity contribution in [1.29, 1.82) is 0 Å². The molecule has 0 bridgehead atoms. The summed E-state index contributed by atoms with van der Waals surface area (Å²) in [5.41, 5.74) is -4.23. The van der Waals surface area contributed by atoms with Crippen LogP contribution in [0.25, 0.3) is 0 Å². The van der Waals surface area contributed by atoms with Crippen molar-refractivity contribution in [2.24, 2.45) is 0 Å². The molecular formula is C7H10F3NS+. The molecule has 0 spiro atoms. The van der Waals surface area contributed by atoms with Crippen LogP contribution >= 0.6 is 11.9 Å². The molecule has 0 aliphatic rings. The van der Waals surface area contributed by atoms with Gasteiger partial charge in [0.05, 0.1) is 0 Å². The zero-order valence-electron chi connectivity index (χ0n) is 6.47. The Hall–Kier alpha value is -0.420. The van der Waals surface area contributed by atoms with Crippen molar-refractivity contribution in [2.75, 3.05) is 13.1 Å². The quantitative estimate of drug-likeness (QED) is 0.373. The molecule has 5 heteroatoms. The van der Waals surface area contributed by atoms with E-state index >= 15 is 0 Å². The molecule has 0 aliphatic carbocycles. The lowest BCUT2D eigenvalue weighted by atomic mass is 10.5. The first-order chi connectivity index (χ1) is 5.49. The molecule has 0 aliphatic heterocycles. The van der Waals surface area contributed by atoms with Crippen LogP contribution < -0.4 is 4.31 Å². The smallest absolute Gasteiger partial charge is 0.156 e. The summed E-state index contributed by atoms with van der Waals surface area (Å²) in [4.78, 5) is 0. The number of alkyl halides is 3. The lowest BCUT2D eigenvalue weighted by Gasteiger charge is -2.06. The summed E-state index contributed by atoms with van der Waals surface area (Å²) >= 11 is -0.158. The average Bonchev–Trinajstić information content (AvgIpc) is 1.84. The third-order valence-electron chi connectivity index (χ3n) is 0.898. The fourth-order valence-electron chi connectivity index (χ4n) is 0.583. The molecule has 0 saturated carbocycles. The highest BCUT2D eigenvalue weighted by Gasteiger charge is 2.39. The van der Waals surface area contributed by atoms with Crippen molar-refractivity contribution in [2.45, 2.75) is 5.51 Å². The van der Waals surface area contributed by atoms with E-state index in [0.717, 1.165) is 4.31 Å². The van der Waals surface area contributed by atoms with Crippen molar-refractivity contribution in [3.8, 4) is 0 Å². The van der Waals surface area contributed by atoms with Crippen molar-refractivity contribution < 1.29 is 13.2 Å². The fraction of sp³-hybridized carbons (Fsp3) is 0.429. The lowest BCUT2D eigenvalue weighted by molar-refractivity contribution is -0.0345. The Kier molecular flexibility index (Phi) is 5.08. The third kappa shape index (κ3) is 6.30. The Bertz CT molecular complexity index is 145. The molecule has 0 amide bonds. The molecule has 0 aromatic rings. The summed E-state index contributed by atoms with van der Waals surface area (Å²) in [6.45, 7) is 7.09. The SMILES string of the molecule is C=CC[N+](CC=C)SC(F)(F)F. The van der Waals surface area contributed by atoms with Crippen LogP contribution in [0.3, 0.4) is 0 Å². The average molecular weight is 197 g/mol. The molecule has 0 unspecified atom stereocenters. The summed E-state index contributed by atoms with van der Waals surface area (Å²) < 4.78 is 36.5. The molecule has 0 heterocycles. The second kappa shape index (κ2) is 5.27. The van der Waals surface area contributed by atoms with Crippen molar-refractivity contribution in [3.63, 3.8) is 0 Å². The van der Waals surface area contributed by atoms with Gasteiger partial charge in [-0.25, -0.2) is 0 Å². The molecule has 12 heavy (non-hydrogen) atoms. The van der Waals surface area contributed by atoms with Crippen LogP contribution in [0.5, 0.6) is 0 Å². The maximum absolute atomic E-state index is 11.8. The van der Waals surface area contributed by atoms with E-state index in [4.69, 9.17) is 0 Å². The van der Waals surface area contributed by atoms with Crippen molar-refractivity contribution in [3.05, 3.63) is 25.3 Å². The van der Waals surface area contributed by atoms with Gasteiger partial charge in [-0.3, -0.25) is 0 Å². The molecule has 0 fully saturated rings. The number of rotatable bonds is 5. The van der Waals surface area contributed by atoms with E-state index in [0.29, 0.717) is 0 Å². The molecule has 0 N–H and O–H groups in total. The van der Waals surface area contributed by atoms with Crippen LogP contribution in [0.15, 0.2) is 25.3 Å². The van der Waals surface area contributed by atoms with Gasteiger partial charge in [-0.1, -0.05) is 17.5 Å². The Balaban J connectivity index is 3.93. The van der Waals surface area contributed by atoms with Gasteiger partial charge in [-0.2, -0.15) is 13.2 Å². The summed E-state index contributed by atoms with van der Waals surface area (Å²) in [5, 5.41) is 0. The normalized spacial score (nSPS) is 11.7. The molecule has 0 aromatic heterocycles. The Morgan fingerprint density at radius 2 is 1.58 bits per heavy atom. The first kappa shape index (κ1) is 11.6. The number of hydrogen-bond acceptors (Lipinski definition) is 2. The lowest BCUT2D eigenvalue weighted by Crippen LogP contribution is -2.26. The highest BCUT2D eigenvalue weighted by molar-refractivity contribution is 7.98. The standard InChI is InChI=1S/C7H10F3NS/c1-3-5-11(6-4-2)12-7(8,9)10/h3-4H,1-2,5-6H2/q+1. The Morgan fingerprint density at radius 1 is 1.17 bits per heavy atom. The van der Waals surface area contributed by atoms with Crippen molar-refractivity contribution in [1.82, 2.24) is 4.31 Å². The molecular weight excluding hydrogens is 187 g/mol. The van der Waals surface area contributed by atoms with E-state index in [1.807, 2.05) is 0 Å². The fourth-order valence-corrected chi connectivity index (χ4v) is 1.24. The summed E-state index contributed by atoms with van der Waals surface area (Å²) in [6.07, 6.45) is 2.84. The van der Waals surface area contributed by atoms with E-state index in [-0.39, 0.29) is 25.0 Å². The minimum absolute atomic E-state index is 0.158. The number of halogens is 3. The predicted octanol–water partition coefficient (Wildman–Crippen LogP) is 2.67.